The Labute approximate surface area is 118 Å². The van der Waals surface area contributed by atoms with Crippen molar-refractivity contribution in [1.82, 2.24) is 4.98 Å². The van der Waals surface area contributed by atoms with Crippen LogP contribution in [0.1, 0.15) is 5.56 Å². The van der Waals surface area contributed by atoms with E-state index in [-0.39, 0.29) is 0 Å². The molecule has 17 heavy (non-hydrogen) atoms. The average Bonchev–Trinajstić information content (AvgIpc) is 2.28. The van der Waals surface area contributed by atoms with Crippen molar-refractivity contribution in [2.24, 2.45) is 0 Å². The Bertz CT molecular complexity index is 558. The van der Waals surface area contributed by atoms with E-state index >= 15 is 0 Å². The van der Waals surface area contributed by atoms with Crippen molar-refractivity contribution in [2.75, 3.05) is 5.32 Å². The second-order valence-corrected chi connectivity index (χ2v) is 5.18. The van der Waals surface area contributed by atoms with Gasteiger partial charge in [-0.2, -0.15) is 0 Å². The molecule has 0 aliphatic carbocycles. The molecule has 0 fully saturated rings. The molecule has 1 heterocycles. The first-order chi connectivity index (χ1) is 8.08. The Morgan fingerprint density at radius 2 is 2.00 bits per heavy atom. The van der Waals surface area contributed by atoms with Gasteiger partial charge in [0.15, 0.2) is 0 Å². The van der Waals surface area contributed by atoms with Gasteiger partial charge in [0.05, 0.1) is 15.2 Å². The van der Waals surface area contributed by atoms with Crippen LogP contribution >= 0.6 is 39.1 Å². The number of pyridine rings is 1. The molecule has 0 aliphatic rings. The summed E-state index contributed by atoms with van der Waals surface area (Å²) in [4.78, 5) is 4.25. The molecule has 0 radical (unpaired) electrons. The SMILES string of the molecule is Cc1ccnc(Nc2ccc(Cl)cc2Cl)c1Br. The molecule has 0 saturated heterocycles. The average molecular weight is 332 g/mol. The highest BCUT2D eigenvalue weighted by Crippen LogP contribution is 2.31. The minimum absolute atomic E-state index is 0.563. The Hall–Kier alpha value is -0.770. The standard InChI is InChI=1S/C12H9BrCl2N2/c1-7-4-5-16-12(11(7)13)17-10-3-2-8(14)6-9(10)15/h2-6H,1H3,(H,16,17). The molecule has 1 aromatic carbocycles. The fourth-order valence-electron chi connectivity index (χ4n) is 1.35. The number of benzene rings is 1. The van der Waals surface area contributed by atoms with Crippen LogP contribution in [0.4, 0.5) is 11.5 Å². The Morgan fingerprint density at radius 1 is 1.24 bits per heavy atom. The molecular weight excluding hydrogens is 323 g/mol. The quantitative estimate of drug-likeness (QED) is 0.817. The summed E-state index contributed by atoms with van der Waals surface area (Å²) >= 11 is 15.4. The van der Waals surface area contributed by atoms with E-state index in [0.717, 1.165) is 21.5 Å². The van der Waals surface area contributed by atoms with E-state index in [1.807, 2.05) is 19.1 Å². The van der Waals surface area contributed by atoms with Crippen LogP contribution in [0.15, 0.2) is 34.9 Å². The predicted octanol–water partition coefficient (Wildman–Crippen LogP) is 5.20. The molecule has 0 spiro atoms. The van der Waals surface area contributed by atoms with Crippen LogP contribution in [-0.4, -0.2) is 4.98 Å². The molecule has 0 amide bonds. The van der Waals surface area contributed by atoms with Crippen molar-refractivity contribution >= 4 is 50.6 Å². The van der Waals surface area contributed by atoms with E-state index in [9.17, 15) is 0 Å². The first kappa shape index (κ1) is 12.7. The van der Waals surface area contributed by atoms with Gasteiger partial charge in [-0.3, -0.25) is 0 Å². The third-order valence-electron chi connectivity index (χ3n) is 2.27. The molecule has 0 saturated carbocycles. The summed E-state index contributed by atoms with van der Waals surface area (Å²) in [7, 11) is 0. The highest BCUT2D eigenvalue weighted by atomic mass is 79.9. The van der Waals surface area contributed by atoms with Gasteiger partial charge < -0.3 is 5.32 Å². The number of nitrogens with one attached hydrogen (secondary N) is 1. The minimum Gasteiger partial charge on any atom is -0.338 e. The van der Waals surface area contributed by atoms with E-state index < -0.39 is 0 Å². The second kappa shape index (κ2) is 5.25. The summed E-state index contributed by atoms with van der Waals surface area (Å²) in [6, 6.07) is 7.22. The summed E-state index contributed by atoms with van der Waals surface area (Å²) in [5, 5.41) is 4.33. The van der Waals surface area contributed by atoms with Crippen LogP contribution in [-0.2, 0) is 0 Å². The molecule has 0 unspecified atom stereocenters. The molecule has 2 aromatic rings. The molecule has 0 atom stereocenters. The van der Waals surface area contributed by atoms with E-state index in [0.29, 0.717) is 10.0 Å². The topological polar surface area (TPSA) is 24.9 Å². The smallest absolute Gasteiger partial charge is 0.144 e. The van der Waals surface area contributed by atoms with Crippen LogP contribution in [0, 0.1) is 6.92 Å². The molecule has 0 aliphatic heterocycles. The molecule has 2 nitrogen and oxygen atoms in total. The van der Waals surface area contributed by atoms with Gasteiger partial charge in [-0.05, 0) is 52.7 Å². The lowest BCUT2D eigenvalue weighted by Gasteiger charge is -2.10. The molecule has 1 aromatic heterocycles. The highest BCUT2D eigenvalue weighted by Gasteiger charge is 2.07. The first-order valence-electron chi connectivity index (χ1n) is 4.91. The van der Waals surface area contributed by atoms with Gasteiger partial charge in [0.25, 0.3) is 0 Å². The second-order valence-electron chi connectivity index (χ2n) is 3.54. The van der Waals surface area contributed by atoms with E-state index in [4.69, 9.17) is 23.2 Å². The van der Waals surface area contributed by atoms with Crippen molar-refractivity contribution < 1.29 is 0 Å². The zero-order valence-electron chi connectivity index (χ0n) is 8.97. The predicted molar refractivity (Wildman–Crippen MR) is 76.4 cm³/mol. The highest BCUT2D eigenvalue weighted by molar-refractivity contribution is 9.10. The van der Waals surface area contributed by atoms with Crippen molar-refractivity contribution in [3.8, 4) is 0 Å². The van der Waals surface area contributed by atoms with Gasteiger partial charge in [-0.1, -0.05) is 23.2 Å². The number of anilines is 2. The van der Waals surface area contributed by atoms with Crippen molar-refractivity contribution in [3.63, 3.8) is 0 Å². The number of hydrogen-bond donors (Lipinski definition) is 1. The minimum atomic E-state index is 0.563. The summed E-state index contributed by atoms with van der Waals surface area (Å²) in [5.41, 5.74) is 1.88. The van der Waals surface area contributed by atoms with Crippen LogP contribution < -0.4 is 5.32 Å². The maximum absolute atomic E-state index is 6.08. The lowest BCUT2D eigenvalue weighted by atomic mass is 10.3. The van der Waals surface area contributed by atoms with E-state index in [2.05, 4.69) is 26.2 Å². The van der Waals surface area contributed by atoms with Gasteiger partial charge in [0.2, 0.25) is 0 Å². The molecular formula is C12H9BrCl2N2. The van der Waals surface area contributed by atoms with Gasteiger partial charge >= 0.3 is 0 Å². The van der Waals surface area contributed by atoms with Crippen LogP contribution in [0.5, 0.6) is 0 Å². The Kier molecular flexibility index (Phi) is 3.92. The number of aryl methyl sites for hydroxylation is 1. The summed E-state index contributed by atoms with van der Waals surface area (Å²) in [6.07, 6.45) is 1.74. The molecule has 5 heteroatoms. The lowest BCUT2D eigenvalue weighted by molar-refractivity contribution is 1.25. The first-order valence-corrected chi connectivity index (χ1v) is 6.46. The zero-order chi connectivity index (χ0) is 12.4. The number of rotatable bonds is 2. The normalized spacial score (nSPS) is 10.4. The number of aromatic nitrogens is 1. The van der Waals surface area contributed by atoms with E-state index in [1.54, 1.807) is 18.3 Å². The van der Waals surface area contributed by atoms with Gasteiger partial charge in [-0.15, -0.1) is 0 Å². The third-order valence-corrected chi connectivity index (χ3v) is 3.82. The van der Waals surface area contributed by atoms with Crippen LogP contribution in [0.2, 0.25) is 10.0 Å². The van der Waals surface area contributed by atoms with Gasteiger partial charge in [0, 0.05) is 11.2 Å². The summed E-state index contributed by atoms with van der Waals surface area (Å²) < 4.78 is 0.922. The van der Waals surface area contributed by atoms with Gasteiger partial charge in [0.1, 0.15) is 5.82 Å². The zero-order valence-corrected chi connectivity index (χ0v) is 12.1. The molecule has 0 bridgehead atoms. The van der Waals surface area contributed by atoms with Crippen molar-refractivity contribution in [3.05, 3.63) is 50.5 Å². The maximum atomic E-state index is 6.08. The Morgan fingerprint density at radius 3 is 2.71 bits per heavy atom. The summed E-state index contributed by atoms with van der Waals surface area (Å²) in [5.74, 6) is 0.731. The molecule has 2 rings (SSSR count). The lowest BCUT2D eigenvalue weighted by Crippen LogP contribution is -1.96. The molecule has 88 valence electrons. The maximum Gasteiger partial charge on any atom is 0.144 e. The fraction of sp³-hybridized carbons (Fsp3) is 0.0833. The van der Waals surface area contributed by atoms with Crippen LogP contribution in [0.25, 0.3) is 0 Å². The largest absolute Gasteiger partial charge is 0.338 e. The number of halogens is 3. The van der Waals surface area contributed by atoms with Crippen molar-refractivity contribution in [1.29, 1.82) is 0 Å². The number of nitrogens with zero attached hydrogens (tertiary/aromatic N) is 1. The summed E-state index contributed by atoms with van der Waals surface area (Å²) in [6.45, 7) is 2.00. The third kappa shape index (κ3) is 2.92. The van der Waals surface area contributed by atoms with E-state index in [1.165, 1.54) is 0 Å². The fourth-order valence-corrected chi connectivity index (χ4v) is 2.14. The van der Waals surface area contributed by atoms with Gasteiger partial charge in [-0.25, -0.2) is 4.98 Å². The Balaban J connectivity index is 2.35. The van der Waals surface area contributed by atoms with Crippen LogP contribution in [0.3, 0.4) is 0 Å². The number of hydrogen-bond acceptors (Lipinski definition) is 2. The molecule has 1 N–H and O–H groups in total. The monoisotopic (exact) mass is 330 g/mol. The van der Waals surface area contributed by atoms with Crippen molar-refractivity contribution in [2.45, 2.75) is 6.92 Å².